The van der Waals surface area contributed by atoms with Crippen LogP contribution in [0.2, 0.25) is 0 Å². The molecule has 0 heterocycles. The van der Waals surface area contributed by atoms with Crippen LogP contribution in [-0.2, 0) is 6.54 Å². The summed E-state index contributed by atoms with van der Waals surface area (Å²) in [6.07, 6.45) is 3.99. The lowest BCUT2D eigenvalue weighted by atomic mass is 10.0. The smallest absolute Gasteiger partial charge is 0.0208 e. The molecule has 0 aromatic heterocycles. The fourth-order valence-electron chi connectivity index (χ4n) is 2.42. The van der Waals surface area contributed by atoms with Gasteiger partial charge in [-0.3, -0.25) is 0 Å². The van der Waals surface area contributed by atoms with E-state index in [1.165, 1.54) is 30.4 Å². The van der Waals surface area contributed by atoms with Gasteiger partial charge in [-0.2, -0.15) is 0 Å². The van der Waals surface area contributed by atoms with Gasteiger partial charge in [0, 0.05) is 12.6 Å². The average Bonchev–Trinajstić information content (AvgIpc) is 3.14. The highest BCUT2D eigenvalue weighted by Gasteiger charge is 2.22. The number of benzene rings is 1. The summed E-state index contributed by atoms with van der Waals surface area (Å²) in [4.78, 5) is 0. The van der Waals surface area contributed by atoms with Crippen molar-refractivity contribution in [2.45, 2.75) is 58.5 Å². The second kappa shape index (κ2) is 5.68. The molecule has 1 atom stereocenters. The molecule has 1 unspecified atom stereocenters. The summed E-state index contributed by atoms with van der Waals surface area (Å²) < 4.78 is 0. The maximum atomic E-state index is 3.65. The summed E-state index contributed by atoms with van der Waals surface area (Å²) in [5, 5.41) is 3.65. The van der Waals surface area contributed by atoms with Gasteiger partial charge < -0.3 is 5.32 Å². The van der Waals surface area contributed by atoms with Crippen molar-refractivity contribution in [2.24, 2.45) is 5.92 Å². The van der Waals surface area contributed by atoms with Gasteiger partial charge in [0.15, 0.2) is 0 Å². The average molecular weight is 231 g/mol. The van der Waals surface area contributed by atoms with E-state index in [9.17, 15) is 0 Å². The molecule has 1 aliphatic carbocycles. The monoisotopic (exact) mass is 231 g/mol. The topological polar surface area (TPSA) is 12.0 Å². The number of rotatable bonds is 6. The first-order chi connectivity index (χ1) is 8.20. The maximum absolute atomic E-state index is 3.65. The SMILES string of the molecule is CCC(NCc1ccc(C2CC2)cc1)C(C)C. The van der Waals surface area contributed by atoms with Crippen molar-refractivity contribution in [3.05, 3.63) is 35.4 Å². The Bertz CT molecular complexity index is 335. The van der Waals surface area contributed by atoms with Gasteiger partial charge in [-0.15, -0.1) is 0 Å². The molecule has 1 saturated carbocycles. The Morgan fingerprint density at radius 2 is 1.82 bits per heavy atom. The van der Waals surface area contributed by atoms with Crippen molar-refractivity contribution < 1.29 is 0 Å². The van der Waals surface area contributed by atoms with Crippen LogP contribution in [0.5, 0.6) is 0 Å². The van der Waals surface area contributed by atoms with Crippen LogP contribution in [0.1, 0.15) is 57.1 Å². The molecule has 17 heavy (non-hydrogen) atoms. The lowest BCUT2D eigenvalue weighted by Crippen LogP contribution is -2.32. The Balaban J connectivity index is 1.85. The molecule has 0 amide bonds. The molecule has 1 heteroatoms. The second-order valence-electron chi connectivity index (χ2n) is 5.66. The Morgan fingerprint density at radius 1 is 1.18 bits per heavy atom. The first kappa shape index (κ1) is 12.6. The van der Waals surface area contributed by atoms with Crippen molar-refractivity contribution in [3.8, 4) is 0 Å². The molecule has 0 bridgehead atoms. The van der Waals surface area contributed by atoms with Crippen molar-refractivity contribution in [3.63, 3.8) is 0 Å². The van der Waals surface area contributed by atoms with Crippen LogP contribution in [0.3, 0.4) is 0 Å². The molecule has 94 valence electrons. The molecule has 1 aromatic rings. The number of nitrogens with one attached hydrogen (secondary N) is 1. The number of hydrogen-bond donors (Lipinski definition) is 1. The molecule has 2 rings (SSSR count). The number of hydrogen-bond acceptors (Lipinski definition) is 1. The minimum atomic E-state index is 0.637. The molecular formula is C16H25N. The molecule has 0 radical (unpaired) electrons. The fourth-order valence-corrected chi connectivity index (χ4v) is 2.42. The summed E-state index contributed by atoms with van der Waals surface area (Å²) in [5.74, 6) is 1.59. The highest BCUT2D eigenvalue weighted by atomic mass is 14.9. The first-order valence-corrected chi connectivity index (χ1v) is 7.03. The van der Waals surface area contributed by atoms with E-state index in [2.05, 4.69) is 50.4 Å². The van der Waals surface area contributed by atoms with Gasteiger partial charge in [-0.05, 0) is 42.2 Å². The van der Waals surface area contributed by atoms with E-state index in [-0.39, 0.29) is 0 Å². The Kier molecular flexibility index (Phi) is 4.22. The van der Waals surface area contributed by atoms with Crippen LogP contribution in [0.4, 0.5) is 0 Å². The predicted octanol–water partition coefficient (Wildman–Crippen LogP) is 4.09. The molecule has 1 aromatic carbocycles. The van der Waals surface area contributed by atoms with Crippen molar-refractivity contribution >= 4 is 0 Å². The van der Waals surface area contributed by atoms with Crippen molar-refractivity contribution in [2.75, 3.05) is 0 Å². The molecule has 0 aliphatic heterocycles. The van der Waals surface area contributed by atoms with Crippen LogP contribution in [0, 0.1) is 5.92 Å². The van der Waals surface area contributed by atoms with E-state index < -0.39 is 0 Å². The van der Waals surface area contributed by atoms with Gasteiger partial charge in [0.25, 0.3) is 0 Å². The minimum absolute atomic E-state index is 0.637. The van der Waals surface area contributed by atoms with E-state index in [1.807, 2.05) is 0 Å². The lowest BCUT2D eigenvalue weighted by Gasteiger charge is -2.20. The molecular weight excluding hydrogens is 206 g/mol. The van der Waals surface area contributed by atoms with Gasteiger partial charge in [-0.1, -0.05) is 45.0 Å². The van der Waals surface area contributed by atoms with Crippen LogP contribution in [-0.4, -0.2) is 6.04 Å². The highest BCUT2D eigenvalue weighted by Crippen LogP contribution is 2.39. The van der Waals surface area contributed by atoms with Gasteiger partial charge in [-0.25, -0.2) is 0 Å². The van der Waals surface area contributed by atoms with Crippen LogP contribution in [0.25, 0.3) is 0 Å². The van der Waals surface area contributed by atoms with Gasteiger partial charge in [0.2, 0.25) is 0 Å². The molecule has 1 N–H and O–H groups in total. The zero-order chi connectivity index (χ0) is 12.3. The summed E-state index contributed by atoms with van der Waals surface area (Å²) >= 11 is 0. The first-order valence-electron chi connectivity index (χ1n) is 7.03. The van der Waals surface area contributed by atoms with E-state index in [0.717, 1.165) is 12.5 Å². The zero-order valence-corrected chi connectivity index (χ0v) is 11.4. The molecule has 0 saturated heterocycles. The molecule has 1 nitrogen and oxygen atoms in total. The Labute approximate surface area is 106 Å². The van der Waals surface area contributed by atoms with E-state index in [1.54, 1.807) is 0 Å². The molecule has 0 spiro atoms. The Morgan fingerprint density at radius 3 is 2.29 bits per heavy atom. The van der Waals surface area contributed by atoms with Crippen LogP contribution < -0.4 is 5.32 Å². The summed E-state index contributed by atoms with van der Waals surface area (Å²) in [5.41, 5.74) is 2.94. The summed E-state index contributed by atoms with van der Waals surface area (Å²) in [7, 11) is 0. The third kappa shape index (κ3) is 3.57. The lowest BCUT2D eigenvalue weighted by molar-refractivity contribution is 0.387. The summed E-state index contributed by atoms with van der Waals surface area (Å²) in [6, 6.07) is 9.83. The van der Waals surface area contributed by atoms with Crippen molar-refractivity contribution in [1.29, 1.82) is 0 Å². The second-order valence-corrected chi connectivity index (χ2v) is 5.66. The van der Waals surface area contributed by atoms with Crippen molar-refractivity contribution in [1.82, 2.24) is 5.32 Å². The normalized spacial score (nSPS) is 17.4. The Hall–Kier alpha value is -0.820. The van der Waals surface area contributed by atoms with E-state index >= 15 is 0 Å². The highest BCUT2D eigenvalue weighted by molar-refractivity contribution is 5.27. The third-order valence-electron chi connectivity index (χ3n) is 3.84. The van der Waals surface area contributed by atoms with Crippen LogP contribution in [0.15, 0.2) is 24.3 Å². The van der Waals surface area contributed by atoms with Gasteiger partial charge in [0.1, 0.15) is 0 Å². The third-order valence-corrected chi connectivity index (χ3v) is 3.84. The van der Waals surface area contributed by atoms with E-state index in [0.29, 0.717) is 12.0 Å². The maximum Gasteiger partial charge on any atom is 0.0208 e. The quantitative estimate of drug-likeness (QED) is 0.777. The molecule has 1 fully saturated rings. The molecule has 1 aliphatic rings. The largest absolute Gasteiger partial charge is 0.310 e. The predicted molar refractivity (Wildman–Crippen MR) is 74.2 cm³/mol. The van der Waals surface area contributed by atoms with Gasteiger partial charge >= 0.3 is 0 Å². The van der Waals surface area contributed by atoms with Gasteiger partial charge in [0.05, 0.1) is 0 Å². The van der Waals surface area contributed by atoms with Crippen LogP contribution >= 0.6 is 0 Å². The fraction of sp³-hybridized carbons (Fsp3) is 0.625. The van der Waals surface area contributed by atoms with E-state index in [4.69, 9.17) is 0 Å². The standard InChI is InChI=1S/C16H25N/c1-4-16(12(2)3)17-11-13-5-7-14(8-6-13)15-9-10-15/h5-8,12,15-17H,4,9-11H2,1-3H3. The summed E-state index contributed by atoms with van der Waals surface area (Å²) in [6.45, 7) is 7.84. The zero-order valence-electron chi connectivity index (χ0n) is 11.4. The minimum Gasteiger partial charge on any atom is -0.310 e.